The van der Waals surface area contributed by atoms with Gasteiger partial charge in [-0.3, -0.25) is 4.79 Å². The molecule has 20 heavy (non-hydrogen) atoms. The van der Waals surface area contributed by atoms with Gasteiger partial charge < -0.3 is 15.5 Å². The minimum absolute atomic E-state index is 0.0110. The average molecular weight is 293 g/mol. The number of carboxylic acids is 1. The van der Waals surface area contributed by atoms with Crippen LogP contribution in [0.15, 0.2) is 36.4 Å². The van der Waals surface area contributed by atoms with Crippen molar-refractivity contribution >= 4 is 29.3 Å². The summed E-state index contributed by atoms with van der Waals surface area (Å²) < 4.78 is 0. The van der Waals surface area contributed by atoms with E-state index in [-0.39, 0.29) is 22.8 Å². The molecule has 2 rings (SSSR count). The number of nitrogens with zero attached hydrogens (tertiary/aromatic N) is 1. The summed E-state index contributed by atoms with van der Waals surface area (Å²) in [7, 11) is 0. The van der Waals surface area contributed by atoms with Crippen LogP contribution >= 0.6 is 11.6 Å². The van der Waals surface area contributed by atoms with E-state index in [0.717, 1.165) is 0 Å². The molecule has 0 radical (unpaired) electrons. The summed E-state index contributed by atoms with van der Waals surface area (Å²) in [6.07, 6.45) is 0. The summed E-state index contributed by atoms with van der Waals surface area (Å²) in [6, 6.07) is 8.24. The zero-order chi connectivity index (χ0) is 14.7. The minimum atomic E-state index is -1.20. The number of carbonyl (C=O) groups is 2. The van der Waals surface area contributed by atoms with Crippen molar-refractivity contribution in [3.8, 4) is 5.75 Å². The lowest BCUT2D eigenvalue weighted by Crippen LogP contribution is -2.14. The molecule has 0 aliphatic carbocycles. The van der Waals surface area contributed by atoms with E-state index in [2.05, 4.69) is 10.3 Å². The van der Waals surface area contributed by atoms with E-state index >= 15 is 0 Å². The number of pyridine rings is 1. The van der Waals surface area contributed by atoms with E-state index in [1.165, 1.54) is 36.4 Å². The molecule has 1 amide bonds. The second-order valence-electron chi connectivity index (χ2n) is 3.83. The first-order chi connectivity index (χ1) is 9.47. The fourth-order valence-electron chi connectivity index (χ4n) is 1.50. The molecule has 0 atom stereocenters. The van der Waals surface area contributed by atoms with Gasteiger partial charge in [0.2, 0.25) is 0 Å². The third kappa shape index (κ3) is 3.04. The first-order valence-electron chi connectivity index (χ1n) is 5.47. The molecule has 0 saturated heterocycles. The van der Waals surface area contributed by atoms with Crippen LogP contribution in [0.2, 0.25) is 5.02 Å². The van der Waals surface area contributed by atoms with E-state index in [1.807, 2.05) is 0 Å². The molecule has 1 heterocycles. The fourth-order valence-corrected chi connectivity index (χ4v) is 1.67. The Morgan fingerprint density at radius 2 is 1.95 bits per heavy atom. The monoisotopic (exact) mass is 292 g/mol. The van der Waals surface area contributed by atoms with E-state index in [0.29, 0.717) is 5.02 Å². The minimum Gasteiger partial charge on any atom is -0.507 e. The number of carboxylic acid groups (broad SMARTS) is 1. The molecule has 0 bridgehead atoms. The van der Waals surface area contributed by atoms with E-state index < -0.39 is 11.9 Å². The lowest BCUT2D eigenvalue weighted by molar-refractivity contribution is 0.0690. The molecule has 0 fully saturated rings. The molecule has 102 valence electrons. The number of anilines is 1. The number of hydrogen-bond donors (Lipinski definition) is 3. The maximum absolute atomic E-state index is 11.9. The van der Waals surface area contributed by atoms with Gasteiger partial charge in [0.05, 0.1) is 5.56 Å². The second-order valence-corrected chi connectivity index (χ2v) is 4.27. The molecule has 6 nitrogen and oxygen atoms in total. The Morgan fingerprint density at radius 3 is 2.60 bits per heavy atom. The number of phenols is 1. The maximum atomic E-state index is 11.9. The molecule has 0 aliphatic heterocycles. The van der Waals surface area contributed by atoms with Gasteiger partial charge in [-0.2, -0.15) is 0 Å². The third-order valence-electron chi connectivity index (χ3n) is 2.41. The van der Waals surface area contributed by atoms with Gasteiger partial charge >= 0.3 is 5.97 Å². The van der Waals surface area contributed by atoms with Crippen molar-refractivity contribution in [1.82, 2.24) is 4.98 Å². The van der Waals surface area contributed by atoms with Gasteiger partial charge in [-0.05, 0) is 30.3 Å². The quantitative estimate of drug-likeness (QED) is 0.806. The summed E-state index contributed by atoms with van der Waals surface area (Å²) in [6.45, 7) is 0. The van der Waals surface area contributed by atoms with Gasteiger partial charge in [0.15, 0.2) is 5.69 Å². The molecule has 0 unspecified atom stereocenters. The molecule has 2 aromatic rings. The van der Waals surface area contributed by atoms with Crippen LogP contribution in [0.1, 0.15) is 20.8 Å². The van der Waals surface area contributed by atoms with Gasteiger partial charge in [0, 0.05) is 5.02 Å². The summed E-state index contributed by atoms with van der Waals surface area (Å²) in [5.74, 6) is -2.02. The summed E-state index contributed by atoms with van der Waals surface area (Å²) in [4.78, 5) is 26.4. The predicted molar refractivity (Wildman–Crippen MR) is 72.3 cm³/mol. The number of aromatic hydroxyl groups is 1. The van der Waals surface area contributed by atoms with E-state index in [9.17, 15) is 14.7 Å². The van der Waals surface area contributed by atoms with Gasteiger partial charge in [-0.25, -0.2) is 9.78 Å². The molecule has 0 aliphatic rings. The molecular formula is C13H9ClN2O4. The van der Waals surface area contributed by atoms with Crippen LogP contribution in [0.4, 0.5) is 5.82 Å². The number of halogens is 1. The number of amides is 1. The molecule has 1 aromatic carbocycles. The summed E-state index contributed by atoms with van der Waals surface area (Å²) >= 11 is 5.67. The van der Waals surface area contributed by atoms with Crippen molar-refractivity contribution in [3.63, 3.8) is 0 Å². The van der Waals surface area contributed by atoms with Crippen LogP contribution in [0.3, 0.4) is 0 Å². The standard InChI is InChI=1S/C13H9ClN2O4/c14-7-4-5-8(10(17)6-7)12(18)16-11-3-1-2-9(15-11)13(19)20/h1-6,17H,(H,19,20)(H,15,16,18). The van der Waals surface area contributed by atoms with Crippen LogP contribution < -0.4 is 5.32 Å². The number of aromatic nitrogens is 1. The highest BCUT2D eigenvalue weighted by Crippen LogP contribution is 2.22. The molecule has 1 aromatic heterocycles. The first kappa shape index (κ1) is 13.8. The van der Waals surface area contributed by atoms with Gasteiger partial charge in [0.1, 0.15) is 11.6 Å². The van der Waals surface area contributed by atoms with Crippen LogP contribution in [-0.2, 0) is 0 Å². The van der Waals surface area contributed by atoms with Crippen molar-refractivity contribution in [2.45, 2.75) is 0 Å². The summed E-state index contributed by atoms with van der Waals surface area (Å²) in [5, 5.41) is 21.1. The number of hydrogen-bond acceptors (Lipinski definition) is 4. The maximum Gasteiger partial charge on any atom is 0.354 e. The van der Waals surface area contributed by atoms with Crippen LogP contribution in [0, 0.1) is 0 Å². The van der Waals surface area contributed by atoms with Crippen molar-refractivity contribution in [2.24, 2.45) is 0 Å². The van der Waals surface area contributed by atoms with Crippen molar-refractivity contribution in [2.75, 3.05) is 5.32 Å². The zero-order valence-corrected chi connectivity index (χ0v) is 10.8. The second kappa shape index (κ2) is 5.58. The highest BCUT2D eigenvalue weighted by atomic mass is 35.5. The Labute approximate surface area is 118 Å². The molecular weight excluding hydrogens is 284 g/mol. The highest BCUT2D eigenvalue weighted by molar-refractivity contribution is 6.30. The Kier molecular flexibility index (Phi) is 3.86. The fraction of sp³-hybridized carbons (Fsp3) is 0. The van der Waals surface area contributed by atoms with Crippen LogP contribution in [0.25, 0.3) is 0 Å². The number of nitrogens with one attached hydrogen (secondary N) is 1. The Balaban J connectivity index is 2.23. The summed E-state index contributed by atoms with van der Waals surface area (Å²) in [5.41, 5.74) is -0.181. The Bertz CT molecular complexity index is 688. The lowest BCUT2D eigenvalue weighted by Gasteiger charge is -2.07. The number of phenolic OH excluding ortho intramolecular Hbond substituents is 1. The average Bonchev–Trinajstić information content (AvgIpc) is 2.38. The Morgan fingerprint density at radius 1 is 1.20 bits per heavy atom. The lowest BCUT2D eigenvalue weighted by atomic mass is 10.2. The molecule has 3 N–H and O–H groups in total. The number of rotatable bonds is 3. The topological polar surface area (TPSA) is 99.5 Å². The van der Waals surface area contributed by atoms with Crippen LogP contribution in [0.5, 0.6) is 5.75 Å². The first-order valence-corrected chi connectivity index (χ1v) is 5.85. The normalized spacial score (nSPS) is 10.1. The predicted octanol–water partition coefficient (Wildman–Crippen LogP) is 2.39. The van der Waals surface area contributed by atoms with Crippen molar-refractivity contribution in [3.05, 3.63) is 52.7 Å². The SMILES string of the molecule is O=C(O)c1cccc(NC(=O)c2ccc(Cl)cc2O)n1. The number of aromatic carboxylic acids is 1. The van der Waals surface area contributed by atoms with Crippen molar-refractivity contribution < 1.29 is 19.8 Å². The number of carbonyl (C=O) groups excluding carboxylic acids is 1. The van der Waals surface area contributed by atoms with E-state index in [4.69, 9.17) is 16.7 Å². The number of benzene rings is 1. The van der Waals surface area contributed by atoms with Gasteiger partial charge in [-0.15, -0.1) is 0 Å². The van der Waals surface area contributed by atoms with Gasteiger partial charge in [0.25, 0.3) is 5.91 Å². The molecule has 0 spiro atoms. The largest absolute Gasteiger partial charge is 0.507 e. The zero-order valence-electron chi connectivity index (χ0n) is 10.0. The highest BCUT2D eigenvalue weighted by Gasteiger charge is 2.13. The molecule has 0 saturated carbocycles. The smallest absolute Gasteiger partial charge is 0.354 e. The van der Waals surface area contributed by atoms with E-state index in [1.54, 1.807) is 0 Å². The Hall–Kier alpha value is -2.60. The molecule has 7 heteroatoms. The van der Waals surface area contributed by atoms with Gasteiger partial charge in [-0.1, -0.05) is 17.7 Å². The third-order valence-corrected chi connectivity index (χ3v) is 2.65. The van der Waals surface area contributed by atoms with Crippen molar-refractivity contribution in [1.29, 1.82) is 0 Å². The van der Waals surface area contributed by atoms with Crippen LogP contribution in [-0.4, -0.2) is 27.1 Å².